The Balaban J connectivity index is 2.00. The standard InChI is InChI=1S/C11H5N2O2P/c1-5-2-3-6(4-12)7(13-5)8-9-10-11(15-8)16(9,10)14/h2-3H,1H3. The Kier molecular flexibility index (Phi) is 1.11. The van der Waals surface area contributed by atoms with Crippen LogP contribution in [0, 0.1) is 18.3 Å². The number of hydrogen-bond donors (Lipinski definition) is 0. The van der Waals surface area contributed by atoms with Gasteiger partial charge >= 0.3 is 0 Å². The van der Waals surface area contributed by atoms with E-state index in [-0.39, 0.29) is 0 Å². The van der Waals surface area contributed by atoms with E-state index < -0.39 is 7.14 Å². The number of aromatic nitrogens is 1. The van der Waals surface area contributed by atoms with Gasteiger partial charge in [-0.2, -0.15) is 5.26 Å². The zero-order valence-corrected chi connectivity index (χ0v) is 9.21. The predicted molar refractivity (Wildman–Crippen MR) is 57.9 cm³/mol. The van der Waals surface area contributed by atoms with Crippen LogP contribution in [0.1, 0.15) is 11.3 Å². The van der Waals surface area contributed by atoms with E-state index in [0.717, 1.165) is 16.3 Å². The third kappa shape index (κ3) is 0.679. The van der Waals surface area contributed by atoms with E-state index >= 15 is 0 Å². The minimum absolute atomic E-state index is 0.467. The molecule has 3 aliphatic rings. The van der Waals surface area contributed by atoms with Crippen molar-refractivity contribution in [3.63, 3.8) is 0 Å². The number of aryl methyl sites for hydroxylation is 1. The summed E-state index contributed by atoms with van der Waals surface area (Å²) in [5.41, 5.74) is 2.46. The van der Waals surface area contributed by atoms with Crippen molar-refractivity contribution in [3.8, 4) is 17.5 Å². The Labute approximate surface area is 90.9 Å². The predicted octanol–water partition coefficient (Wildman–Crippen LogP) is 0.788. The monoisotopic (exact) mass is 228 g/mol. The van der Waals surface area contributed by atoms with Crippen LogP contribution in [0.5, 0.6) is 0 Å². The fourth-order valence-electron chi connectivity index (χ4n) is 2.08. The second-order valence-electron chi connectivity index (χ2n) is 4.00. The van der Waals surface area contributed by atoms with E-state index in [1.54, 1.807) is 12.1 Å². The van der Waals surface area contributed by atoms with E-state index in [1.807, 2.05) is 6.92 Å². The molecule has 0 fully saturated rings. The molecule has 16 heavy (non-hydrogen) atoms. The van der Waals surface area contributed by atoms with Crippen LogP contribution < -0.4 is 16.1 Å². The molecule has 1 atom stereocenters. The molecule has 5 rings (SSSR count). The highest BCUT2D eigenvalue weighted by molar-refractivity contribution is 8.06. The van der Waals surface area contributed by atoms with E-state index in [1.165, 1.54) is 0 Å². The van der Waals surface area contributed by atoms with Crippen molar-refractivity contribution in [1.29, 1.82) is 5.26 Å². The quantitative estimate of drug-likeness (QED) is 0.452. The lowest BCUT2D eigenvalue weighted by molar-refractivity contribution is 0.590. The average Bonchev–Trinajstić information content (AvgIpc) is 2.91. The molecule has 0 saturated carbocycles. The van der Waals surface area contributed by atoms with Crippen LogP contribution in [0.25, 0.3) is 11.5 Å². The van der Waals surface area contributed by atoms with Crippen molar-refractivity contribution in [2.24, 2.45) is 0 Å². The van der Waals surface area contributed by atoms with Crippen LogP contribution in [0.15, 0.2) is 16.5 Å². The van der Waals surface area contributed by atoms with Crippen LogP contribution in [-0.4, -0.2) is 4.98 Å². The Morgan fingerprint density at radius 1 is 1.44 bits per heavy atom. The molecule has 5 heterocycles. The molecule has 4 nitrogen and oxygen atoms in total. The van der Waals surface area contributed by atoms with Gasteiger partial charge in [0.1, 0.15) is 11.8 Å². The molecule has 0 aromatic carbocycles. The summed E-state index contributed by atoms with van der Waals surface area (Å²) < 4.78 is 17.3. The van der Waals surface area contributed by atoms with Gasteiger partial charge in [-0.1, -0.05) is 0 Å². The van der Waals surface area contributed by atoms with Gasteiger partial charge in [-0.25, -0.2) is 4.98 Å². The first-order valence-electron chi connectivity index (χ1n) is 4.84. The van der Waals surface area contributed by atoms with Gasteiger partial charge in [0.05, 0.1) is 16.2 Å². The highest BCUT2D eigenvalue weighted by Gasteiger charge is 2.74. The summed E-state index contributed by atoms with van der Waals surface area (Å²) in [5, 5.41) is 10.7. The van der Waals surface area contributed by atoms with Gasteiger partial charge in [-0.15, -0.1) is 0 Å². The number of furan rings is 1. The Morgan fingerprint density at radius 3 is 2.75 bits per heavy atom. The summed E-state index contributed by atoms with van der Waals surface area (Å²) in [6.07, 6.45) is 0. The molecule has 0 N–H and O–H groups in total. The fourth-order valence-corrected chi connectivity index (χ4v) is 4.56. The maximum Gasteiger partial charge on any atom is 0.214 e. The van der Waals surface area contributed by atoms with Gasteiger partial charge in [-0.3, -0.25) is 0 Å². The molecule has 0 spiro atoms. The minimum atomic E-state index is -2.22. The van der Waals surface area contributed by atoms with Gasteiger partial charge in [0.15, 0.2) is 11.3 Å². The Hall–Kier alpha value is -1.85. The van der Waals surface area contributed by atoms with E-state index in [9.17, 15) is 4.57 Å². The van der Waals surface area contributed by atoms with E-state index in [2.05, 4.69) is 11.1 Å². The molecular formula is C11H5N2O2P. The Bertz CT molecular complexity index is 758. The molecule has 0 aliphatic carbocycles. The van der Waals surface area contributed by atoms with Crippen LogP contribution in [-0.2, 0) is 4.57 Å². The molecule has 0 radical (unpaired) electrons. The Morgan fingerprint density at radius 2 is 2.19 bits per heavy atom. The van der Waals surface area contributed by atoms with Gasteiger partial charge < -0.3 is 8.98 Å². The number of hydrogen-bond acceptors (Lipinski definition) is 4. The molecule has 2 aromatic heterocycles. The highest BCUT2D eigenvalue weighted by atomic mass is 31.2. The lowest BCUT2D eigenvalue weighted by Crippen LogP contribution is -1.99. The third-order valence-corrected chi connectivity index (χ3v) is 5.58. The molecule has 2 bridgehead atoms. The van der Waals surface area contributed by atoms with E-state index in [4.69, 9.17) is 9.68 Å². The maximum absolute atomic E-state index is 11.8. The van der Waals surface area contributed by atoms with Crippen molar-refractivity contribution in [1.82, 2.24) is 4.98 Å². The molecule has 0 saturated heterocycles. The molecular weight excluding hydrogens is 223 g/mol. The van der Waals surface area contributed by atoms with Gasteiger partial charge in [0.25, 0.3) is 0 Å². The average molecular weight is 228 g/mol. The van der Waals surface area contributed by atoms with Gasteiger partial charge in [-0.05, 0) is 19.1 Å². The SMILES string of the molecule is Cc1ccc(C#N)c(-c2oc3c4c2P34=O)n1. The largest absolute Gasteiger partial charge is 0.449 e. The van der Waals surface area contributed by atoms with Gasteiger partial charge in [0.2, 0.25) is 7.14 Å². The van der Waals surface area contributed by atoms with Crippen molar-refractivity contribution in [3.05, 3.63) is 23.4 Å². The van der Waals surface area contributed by atoms with Crippen molar-refractivity contribution in [2.45, 2.75) is 6.92 Å². The smallest absolute Gasteiger partial charge is 0.214 e. The molecule has 1 unspecified atom stereocenters. The molecule has 76 valence electrons. The van der Waals surface area contributed by atoms with E-state index in [0.29, 0.717) is 22.5 Å². The number of pyridine rings is 1. The molecule has 2 aromatic rings. The van der Waals surface area contributed by atoms with Crippen LogP contribution in [0.4, 0.5) is 0 Å². The first-order valence-corrected chi connectivity index (χ1v) is 6.55. The zero-order valence-electron chi connectivity index (χ0n) is 8.31. The van der Waals surface area contributed by atoms with Crippen molar-refractivity contribution < 1.29 is 8.98 Å². The molecule has 3 aliphatic heterocycles. The fraction of sp³-hybridized carbons (Fsp3) is 0.0909. The van der Waals surface area contributed by atoms with Gasteiger partial charge in [0, 0.05) is 5.69 Å². The van der Waals surface area contributed by atoms with Crippen LogP contribution in [0.3, 0.4) is 0 Å². The summed E-state index contributed by atoms with van der Waals surface area (Å²) in [6.45, 7) is 1.85. The topological polar surface area (TPSA) is 66.9 Å². The van der Waals surface area contributed by atoms with Crippen molar-refractivity contribution in [2.75, 3.05) is 0 Å². The lowest BCUT2D eigenvalue weighted by Gasteiger charge is -1.99. The van der Waals surface area contributed by atoms with Crippen molar-refractivity contribution >= 4 is 23.3 Å². The third-order valence-electron chi connectivity index (χ3n) is 3.03. The van der Waals surface area contributed by atoms with Crippen LogP contribution in [0.2, 0.25) is 0 Å². The summed E-state index contributed by atoms with van der Waals surface area (Å²) in [5.74, 6) is 0.550. The normalized spacial score (nSPS) is 22.5. The highest BCUT2D eigenvalue weighted by Crippen LogP contribution is 2.70. The first kappa shape index (κ1) is 8.32. The summed E-state index contributed by atoms with van der Waals surface area (Å²) in [6, 6.07) is 5.57. The maximum atomic E-state index is 11.8. The summed E-state index contributed by atoms with van der Waals surface area (Å²) in [4.78, 5) is 4.29. The second kappa shape index (κ2) is 2.14. The number of rotatable bonds is 1. The zero-order chi connectivity index (χ0) is 11.1. The lowest BCUT2D eigenvalue weighted by atomic mass is 10.1. The number of fused-ring (bicyclic) bond motifs is 1. The molecule has 5 heteroatoms. The number of nitrogens with zero attached hydrogens (tertiary/aromatic N) is 2. The molecule has 0 amide bonds. The second-order valence-corrected chi connectivity index (χ2v) is 6.52. The first-order chi connectivity index (χ1) is 7.67. The number of nitriles is 1. The summed E-state index contributed by atoms with van der Waals surface area (Å²) in [7, 11) is -2.22. The summed E-state index contributed by atoms with van der Waals surface area (Å²) >= 11 is 0. The minimum Gasteiger partial charge on any atom is -0.449 e. The van der Waals surface area contributed by atoms with Crippen LogP contribution >= 0.6 is 7.14 Å².